The van der Waals surface area contributed by atoms with E-state index in [0.717, 1.165) is 55.4 Å². The van der Waals surface area contributed by atoms with E-state index in [1.165, 1.54) is 27.9 Å². The van der Waals surface area contributed by atoms with Crippen molar-refractivity contribution in [2.75, 3.05) is 16.8 Å². The van der Waals surface area contributed by atoms with Gasteiger partial charge in [-0.2, -0.15) is 0 Å². The molecule has 11 rings (SSSR count). The lowest BCUT2D eigenvalue weighted by Gasteiger charge is -2.31. The molecule has 1 atom stereocenters. The van der Waals surface area contributed by atoms with E-state index in [9.17, 15) is 0 Å². The molecular formula is C54H38N6. The van der Waals surface area contributed by atoms with Crippen LogP contribution in [0.1, 0.15) is 11.7 Å². The Labute approximate surface area is 348 Å². The van der Waals surface area contributed by atoms with Crippen LogP contribution in [0.2, 0.25) is 0 Å². The van der Waals surface area contributed by atoms with E-state index in [1.807, 2.05) is 48.7 Å². The minimum Gasteiger partial charge on any atom is -0.348 e. The number of pyridine rings is 1. The van der Waals surface area contributed by atoms with Crippen LogP contribution < -0.4 is 9.80 Å². The second-order valence-corrected chi connectivity index (χ2v) is 15.1. The number of benzene rings is 8. The van der Waals surface area contributed by atoms with E-state index >= 15 is 0 Å². The first kappa shape index (κ1) is 35.2. The fourth-order valence-electron chi connectivity index (χ4n) is 8.67. The first-order valence-electron chi connectivity index (χ1n) is 20.2. The Hall–Kier alpha value is -7.96. The molecule has 1 unspecified atom stereocenters. The number of aromatic nitrogens is 4. The number of anilines is 3. The van der Waals surface area contributed by atoms with Gasteiger partial charge < -0.3 is 9.80 Å². The zero-order valence-electron chi connectivity index (χ0n) is 32.9. The van der Waals surface area contributed by atoms with Crippen molar-refractivity contribution in [1.82, 2.24) is 19.9 Å². The maximum atomic E-state index is 5.02. The molecule has 60 heavy (non-hydrogen) atoms. The van der Waals surface area contributed by atoms with Gasteiger partial charge in [0.15, 0.2) is 17.5 Å². The average molecular weight is 771 g/mol. The Morgan fingerprint density at radius 3 is 1.35 bits per heavy atom. The fraction of sp³-hybridized carbons (Fsp3) is 0.0370. The minimum atomic E-state index is -0.0478. The smallest absolute Gasteiger partial charge is 0.164 e. The van der Waals surface area contributed by atoms with Gasteiger partial charge in [-0.15, -0.1) is 0 Å². The van der Waals surface area contributed by atoms with E-state index in [0.29, 0.717) is 17.5 Å². The summed E-state index contributed by atoms with van der Waals surface area (Å²) in [5, 5.41) is 3.49. The van der Waals surface area contributed by atoms with E-state index in [-0.39, 0.29) is 6.17 Å². The SMILES string of the molecule is CN1c2c(c3cccnc3c3ccccc23)N(c2ccc(-c3ccc(-c4nc(-c5ccccc5)nc(-c5ccc(-c6ccccc6)cc5)n4)cc3)cc2)C1c1ccccc1. The van der Waals surface area contributed by atoms with Crippen molar-refractivity contribution in [1.29, 1.82) is 0 Å². The molecule has 0 aliphatic carbocycles. The molecule has 0 spiro atoms. The number of nitrogens with zero attached hydrogens (tertiary/aromatic N) is 6. The topological polar surface area (TPSA) is 58.0 Å². The van der Waals surface area contributed by atoms with Gasteiger partial charge in [-0.05, 0) is 52.1 Å². The zero-order valence-corrected chi connectivity index (χ0v) is 32.9. The number of rotatable bonds is 7. The van der Waals surface area contributed by atoms with Gasteiger partial charge in [0, 0.05) is 51.8 Å². The Morgan fingerprint density at radius 1 is 0.367 bits per heavy atom. The van der Waals surface area contributed by atoms with Gasteiger partial charge in [0.05, 0.1) is 16.9 Å². The molecule has 0 N–H and O–H groups in total. The highest BCUT2D eigenvalue weighted by molar-refractivity contribution is 6.21. The van der Waals surface area contributed by atoms with Crippen molar-refractivity contribution >= 4 is 38.7 Å². The largest absolute Gasteiger partial charge is 0.348 e. The molecule has 6 nitrogen and oxygen atoms in total. The minimum absolute atomic E-state index is 0.0478. The van der Waals surface area contributed by atoms with Gasteiger partial charge in [-0.1, -0.05) is 176 Å². The predicted molar refractivity (Wildman–Crippen MR) is 246 cm³/mol. The maximum absolute atomic E-state index is 5.02. The molecule has 2 aromatic heterocycles. The van der Waals surface area contributed by atoms with Crippen molar-refractivity contribution in [2.24, 2.45) is 0 Å². The summed E-state index contributed by atoms with van der Waals surface area (Å²) in [5.41, 5.74) is 13.1. The monoisotopic (exact) mass is 770 g/mol. The Balaban J connectivity index is 0.951. The standard InChI is InChI=1S/C54H38N6/c1-59-49-46-21-12-11-20-45(46)48-47(22-13-35-55-48)50(49)60(54(59)43-18-9-4-10-19-43)44-33-31-39(32-34-44)38-25-29-42(30-26-38)53-57-51(40-16-7-3-8-17-40)56-52(58-53)41-27-23-37(24-28-41)36-14-5-2-6-15-36/h2-35,54H,1H3. The molecule has 0 saturated heterocycles. The highest BCUT2D eigenvalue weighted by Crippen LogP contribution is 2.55. The molecule has 284 valence electrons. The molecule has 0 bridgehead atoms. The summed E-state index contributed by atoms with van der Waals surface area (Å²) in [4.78, 5) is 24.8. The lowest BCUT2D eigenvalue weighted by Crippen LogP contribution is -2.30. The van der Waals surface area contributed by atoms with Crippen LogP contribution in [0.25, 0.3) is 78.1 Å². The summed E-state index contributed by atoms with van der Waals surface area (Å²) in [6.07, 6.45) is 1.85. The fourth-order valence-corrected chi connectivity index (χ4v) is 8.67. The predicted octanol–water partition coefficient (Wildman–Crippen LogP) is 13.2. The van der Waals surface area contributed by atoms with Crippen molar-refractivity contribution in [3.63, 3.8) is 0 Å². The van der Waals surface area contributed by atoms with Crippen LogP contribution >= 0.6 is 0 Å². The summed E-state index contributed by atoms with van der Waals surface area (Å²) >= 11 is 0. The molecule has 0 saturated carbocycles. The van der Waals surface area contributed by atoms with Crippen LogP contribution in [-0.2, 0) is 0 Å². The Morgan fingerprint density at radius 2 is 0.783 bits per heavy atom. The van der Waals surface area contributed by atoms with Crippen LogP contribution in [0.15, 0.2) is 206 Å². The van der Waals surface area contributed by atoms with Crippen LogP contribution in [-0.4, -0.2) is 27.0 Å². The van der Waals surface area contributed by atoms with Gasteiger partial charge in [0.25, 0.3) is 0 Å². The number of hydrogen-bond acceptors (Lipinski definition) is 6. The second-order valence-electron chi connectivity index (χ2n) is 15.1. The molecule has 6 heteroatoms. The molecule has 0 fully saturated rings. The number of fused-ring (bicyclic) bond motifs is 6. The molecule has 1 aliphatic heterocycles. The second kappa shape index (κ2) is 14.8. The first-order valence-corrected chi connectivity index (χ1v) is 20.2. The summed E-state index contributed by atoms with van der Waals surface area (Å²) in [6, 6.07) is 70.0. The van der Waals surface area contributed by atoms with Gasteiger partial charge in [0.2, 0.25) is 0 Å². The molecule has 0 amide bonds. The van der Waals surface area contributed by atoms with E-state index in [4.69, 9.17) is 19.9 Å². The summed E-state index contributed by atoms with van der Waals surface area (Å²) in [6.45, 7) is 0. The van der Waals surface area contributed by atoms with Crippen LogP contribution in [0.4, 0.5) is 17.1 Å². The van der Waals surface area contributed by atoms with Gasteiger partial charge in [-0.25, -0.2) is 15.0 Å². The number of hydrogen-bond donors (Lipinski definition) is 0. The third-order valence-corrected chi connectivity index (χ3v) is 11.6. The third-order valence-electron chi connectivity index (χ3n) is 11.6. The van der Waals surface area contributed by atoms with E-state index in [1.54, 1.807) is 0 Å². The van der Waals surface area contributed by atoms with E-state index in [2.05, 4.69) is 175 Å². The van der Waals surface area contributed by atoms with Crippen molar-refractivity contribution in [3.05, 3.63) is 212 Å². The summed E-state index contributed by atoms with van der Waals surface area (Å²) in [7, 11) is 2.21. The molecule has 0 radical (unpaired) electrons. The van der Waals surface area contributed by atoms with Crippen LogP contribution in [0, 0.1) is 0 Å². The quantitative estimate of drug-likeness (QED) is 0.150. The van der Waals surface area contributed by atoms with Crippen molar-refractivity contribution < 1.29 is 0 Å². The van der Waals surface area contributed by atoms with Gasteiger partial charge >= 0.3 is 0 Å². The van der Waals surface area contributed by atoms with Crippen LogP contribution in [0.3, 0.4) is 0 Å². The lowest BCUT2D eigenvalue weighted by molar-refractivity contribution is 0.720. The summed E-state index contributed by atoms with van der Waals surface area (Å²) in [5.74, 6) is 1.91. The normalized spacial score (nSPS) is 13.5. The maximum Gasteiger partial charge on any atom is 0.164 e. The Kier molecular flexibility index (Phi) is 8.67. The van der Waals surface area contributed by atoms with Gasteiger partial charge in [0.1, 0.15) is 6.17 Å². The van der Waals surface area contributed by atoms with Gasteiger partial charge in [-0.3, -0.25) is 4.98 Å². The Bertz CT molecular complexity index is 3140. The van der Waals surface area contributed by atoms with E-state index < -0.39 is 0 Å². The van der Waals surface area contributed by atoms with Crippen LogP contribution in [0.5, 0.6) is 0 Å². The molecule has 1 aliphatic rings. The average Bonchev–Trinajstić information content (AvgIpc) is 3.65. The lowest BCUT2D eigenvalue weighted by atomic mass is 10.0. The van der Waals surface area contributed by atoms with Crippen molar-refractivity contribution in [2.45, 2.75) is 6.17 Å². The zero-order chi connectivity index (χ0) is 40.0. The summed E-state index contributed by atoms with van der Waals surface area (Å²) < 4.78 is 0. The first-order chi connectivity index (χ1) is 29.7. The van der Waals surface area contributed by atoms with Crippen molar-refractivity contribution in [3.8, 4) is 56.4 Å². The highest BCUT2D eigenvalue weighted by atomic mass is 15.4. The molecule has 3 heterocycles. The molecular weight excluding hydrogens is 733 g/mol. The molecule has 10 aromatic rings. The molecule has 8 aromatic carbocycles. The highest BCUT2D eigenvalue weighted by Gasteiger charge is 2.39. The third kappa shape index (κ3) is 6.14.